The van der Waals surface area contributed by atoms with Crippen LogP contribution in [-0.4, -0.2) is 32.0 Å². The van der Waals surface area contributed by atoms with Crippen LogP contribution in [0.1, 0.15) is 6.92 Å². The van der Waals surface area contributed by atoms with Crippen LogP contribution >= 0.6 is 11.6 Å². The van der Waals surface area contributed by atoms with E-state index in [1.165, 1.54) is 17.9 Å². The van der Waals surface area contributed by atoms with Crippen molar-refractivity contribution in [2.75, 3.05) is 10.6 Å². The number of nitrogens with one attached hydrogen (secondary N) is 2. The van der Waals surface area contributed by atoms with Crippen molar-refractivity contribution in [1.29, 1.82) is 0 Å². The quantitative estimate of drug-likeness (QED) is 0.873. The normalized spacial score (nSPS) is 10.1. The van der Waals surface area contributed by atoms with Crippen LogP contribution in [-0.2, 0) is 16.1 Å². The lowest BCUT2D eigenvalue weighted by Gasteiger charge is -2.08. The molecule has 1 aromatic heterocycles. The minimum atomic E-state index is -0.291. The Hall–Kier alpha value is -2.48. The fraction of sp³-hybridized carbons (Fsp3) is 0.182. The van der Waals surface area contributed by atoms with Crippen molar-refractivity contribution in [3.8, 4) is 0 Å². The maximum absolute atomic E-state index is 11.7. The summed E-state index contributed by atoms with van der Waals surface area (Å²) in [6.07, 6.45) is 1.34. The fourth-order valence-corrected chi connectivity index (χ4v) is 1.71. The highest BCUT2D eigenvalue weighted by Crippen LogP contribution is 2.25. The number of aromatic nitrogens is 4. The number of carbonyl (C=O) groups excluding carboxylic acids is 2. The number of anilines is 2. The Morgan fingerprint density at radius 1 is 1.35 bits per heavy atom. The molecule has 0 bridgehead atoms. The zero-order valence-electron chi connectivity index (χ0n) is 10.5. The van der Waals surface area contributed by atoms with Gasteiger partial charge in [-0.1, -0.05) is 11.6 Å². The third-order valence-electron chi connectivity index (χ3n) is 2.26. The molecule has 0 aliphatic rings. The van der Waals surface area contributed by atoms with Crippen molar-refractivity contribution in [3.63, 3.8) is 0 Å². The molecule has 0 saturated carbocycles. The van der Waals surface area contributed by atoms with Crippen molar-refractivity contribution in [2.24, 2.45) is 0 Å². The molecule has 2 N–H and O–H groups in total. The molecule has 1 heterocycles. The van der Waals surface area contributed by atoms with Crippen LogP contribution in [0.4, 0.5) is 11.4 Å². The van der Waals surface area contributed by atoms with Gasteiger partial charge >= 0.3 is 0 Å². The summed E-state index contributed by atoms with van der Waals surface area (Å²) in [4.78, 5) is 22.7. The Morgan fingerprint density at radius 3 is 2.75 bits per heavy atom. The maximum atomic E-state index is 11.7. The van der Waals surface area contributed by atoms with Gasteiger partial charge in [-0.2, -0.15) is 0 Å². The van der Waals surface area contributed by atoms with Crippen LogP contribution in [0.2, 0.25) is 5.02 Å². The Labute approximate surface area is 119 Å². The Bertz CT molecular complexity index is 628. The molecule has 0 spiro atoms. The maximum Gasteiger partial charge on any atom is 0.246 e. The van der Waals surface area contributed by atoms with Gasteiger partial charge in [-0.25, -0.2) is 4.68 Å². The second-order valence-corrected chi connectivity index (χ2v) is 4.34. The molecule has 9 heteroatoms. The van der Waals surface area contributed by atoms with Crippen LogP contribution in [0, 0.1) is 0 Å². The van der Waals surface area contributed by atoms with E-state index in [-0.39, 0.29) is 18.4 Å². The number of benzene rings is 1. The van der Waals surface area contributed by atoms with E-state index in [1.807, 2.05) is 0 Å². The summed E-state index contributed by atoms with van der Waals surface area (Å²) < 4.78 is 1.29. The van der Waals surface area contributed by atoms with Crippen LogP contribution in [0.5, 0.6) is 0 Å². The number of rotatable bonds is 4. The van der Waals surface area contributed by atoms with E-state index in [4.69, 9.17) is 11.6 Å². The van der Waals surface area contributed by atoms with E-state index in [0.29, 0.717) is 16.4 Å². The highest BCUT2D eigenvalue weighted by atomic mass is 35.5. The predicted octanol–water partition coefficient (Wildman–Crippen LogP) is 0.924. The largest absolute Gasteiger partial charge is 0.325 e. The van der Waals surface area contributed by atoms with Crippen LogP contribution in [0.3, 0.4) is 0 Å². The lowest BCUT2D eigenvalue weighted by molar-refractivity contribution is -0.117. The van der Waals surface area contributed by atoms with E-state index in [1.54, 1.807) is 18.2 Å². The molecule has 0 saturated heterocycles. The first kappa shape index (κ1) is 13.9. The minimum absolute atomic E-state index is 0.00192. The molecule has 2 aromatic rings. The molecule has 104 valence electrons. The number of hydrogen-bond acceptors (Lipinski definition) is 5. The van der Waals surface area contributed by atoms with E-state index in [9.17, 15) is 9.59 Å². The van der Waals surface area contributed by atoms with Gasteiger partial charge in [0.25, 0.3) is 0 Å². The SMILES string of the molecule is CC(=O)Nc1ccc(NC(=O)Cn2cnnn2)cc1Cl. The Morgan fingerprint density at radius 2 is 2.15 bits per heavy atom. The number of carbonyl (C=O) groups is 2. The van der Waals surface area contributed by atoms with E-state index >= 15 is 0 Å². The second-order valence-electron chi connectivity index (χ2n) is 3.93. The summed E-state index contributed by atoms with van der Waals surface area (Å²) in [6, 6.07) is 4.79. The zero-order chi connectivity index (χ0) is 14.5. The highest BCUT2D eigenvalue weighted by molar-refractivity contribution is 6.34. The van der Waals surface area contributed by atoms with Gasteiger partial charge in [-0.3, -0.25) is 9.59 Å². The van der Waals surface area contributed by atoms with E-state index in [2.05, 4.69) is 26.2 Å². The van der Waals surface area contributed by atoms with Gasteiger partial charge in [0, 0.05) is 12.6 Å². The van der Waals surface area contributed by atoms with Gasteiger partial charge in [-0.15, -0.1) is 5.10 Å². The van der Waals surface area contributed by atoms with Crippen molar-refractivity contribution in [3.05, 3.63) is 29.5 Å². The van der Waals surface area contributed by atoms with Crippen molar-refractivity contribution < 1.29 is 9.59 Å². The summed E-state index contributed by atoms with van der Waals surface area (Å²) in [5.41, 5.74) is 1.000. The summed E-state index contributed by atoms with van der Waals surface area (Å²) in [7, 11) is 0. The van der Waals surface area contributed by atoms with E-state index < -0.39 is 0 Å². The van der Waals surface area contributed by atoms with Crippen LogP contribution in [0.15, 0.2) is 24.5 Å². The van der Waals surface area contributed by atoms with Crippen LogP contribution < -0.4 is 10.6 Å². The molecule has 1 aromatic carbocycles. The molecule has 0 aliphatic carbocycles. The average molecular weight is 295 g/mol. The molecule has 8 nitrogen and oxygen atoms in total. The lowest BCUT2D eigenvalue weighted by Crippen LogP contribution is -2.19. The minimum Gasteiger partial charge on any atom is -0.325 e. The van der Waals surface area contributed by atoms with Gasteiger partial charge in [0.15, 0.2) is 0 Å². The standard InChI is InChI=1S/C11H11ClN6O2/c1-7(19)14-10-3-2-8(4-9(10)12)15-11(20)5-18-6-13-16-17-18/h2-4,6H,5H2,1H3,(H,14,19)(H,15,20). The average Bonchev–Trinajstić information content (AvgIpc) is 2.85. The Balaban J connectivity index is 2.01. The first-order valence-electron chi connectivity index (χ1n) is 5.62. The number of halogens is 1. The summed E-state index contributed by atoms with van der Waals surface area (Å²) >= 11 is 6.00. The van der Waals surface area contributed by atoms with Gasteiger partial charge in [0.1, 0.15) is 12.9 Å². The molecule has 0 radical (unpaired) electrons. The molecule has 2 amide bonds. The third kappa shape index (κ3) is 3.75. The molecule has 20 heavy (non-hydrogen) atoms. The molecular weight excluding hydrogens is 284 g/mol. The highest BCUT2D eigenvalue weighted by Gasteiger charge is 2.07. The third-order valence-corrected chi connectivity index (χ3v) is 2.57. The topological polar surface area (TPSA) is 102 Å². The fourth-order valence-electron chi connectivity index (χ4n) is 1.48. The molecule has 0 aliphatic heterocycles. The van der Waals surface area contributed by atoms with Crippen molar-refractivity contribution in [2.45, 2.75) is 13.5 Å². The summed E-state index contributed by atoms with van der Waals surface area (Å²) in [6.45, 7) is 1.39. The first-order valence-corrected chi connectivity index (χ1v) is 6.00. The monoisotopic (exact) mass is 294 g/mol. The number of nitrogens with zero attached hydrogens (tertiary/aromatic N) is 4. The molecular formula is C11H11ClN6O2. The second kappa shape index (κ2) is 6.11. The van der Waals surface area contributed by atoms with Crippen LogP contribution in [0.25, 0.3) is 0 Å². The van der Waals surface area contributed by atoms with Gasteiger partial charge in [-0.05, 0) is 28.6 Å². The number of amides is 2. The first-order chi connectivity index (χ1) is 9.54. The Kier molecular flexibility index (Phi) is 4.26. The van der Waals surface area contributed by atoms with Gasteiger partial charge < -0.3 is 10.6 Å². The van der Waals surface area contributed by atoms with Crippen molar-refractivity contribution >= 4 is 34.8 Å². The van der Waals surface area contributed by atoms with E-state index in [0.717, 1.165) is 0 Å². The molecule has 0 unspecified atom stereocenters. The molecule has 0 fully saturated rings. The zero-order valence-corrected chi connectivity index (χ0v) is 11.3. The summed E-state index contributed by atoms with van der Waals surface area (Å²) in [5.74, 6) is -0.511. The number of hydrogen-bond donors (Lipinski definition) is 2. The molecule has 0 atom stereocenters. The van der Waals surface area contributed by atoms with Crippen molar-refractivity contribution in [1.82, 2.24) is 20.2 Å². The van der Waals surface area contributed by atoms with Gasteiger partial charge in [0.2, 0.25) is 11.8 Å². The smallest absolute Gasteiger partial charge is 0.246 e. The molecule has 2 rings (SSSR count). The predicted molar refractivity (Wildman–Crippen MR) is 72.2 cm³/mol. The lowest BCUT2D eigenvalue weighted by atomic mass is 10.2. The summed E-state index contributed by atoms with van der Waals surface area (Å²) in [5, 5.41) is 16.0. The number of tetrazole rings is 1. The van der Waals surface area contributed by atoms with Gasteiger partial charge in [0.05, 0.1) is 10.7 Å².